The first kappa shape index (κ1) is 12.9. The van der Waals surface area contributed by atoms with Gasteiger partial charge in [-0.25, -0.2) is 0 Å². The number of hydrogen-bond acceptors (Lipinski definition) is 1. The topological polar surface area (TPSA) is 29.1 Å². The number of rotatable bonds is 2. The maximum absolute atomic E-state index is 12.7. The van der Waals surface area contributed by atoms with Crippen LogP contribution in [0.5, 0.6) is 0 Å². The largest absolute Gasteiger partial charge is 0.416 e. The number of benzene rings is 1. The van der Waals surface area contributed by atoms with Crippen LogP contribution in [0.15, 0.2) is 18.2 Å². The summed E-state index contributed by atoms with van der Waals surface area (Å²) in [5.74, 6) is -0.207. The molecule has 1 aromatic rings. The van der Waals surface area contributed by atoms with Crippen molar-refractivity contribution in [3.8, 4) is 0 Å². The number of carbonyl (C=O) groups excluding carboxylic acids is 1. The van der Waals surface area contributed by atoms with Gasteiger partial charge in [-0.1, -0.05) is 13.8 Å². The summed E-state index contributed by atoms with van der Waals surface area (Å²) in [5.41, 5.74) is -0.565. The van der Waals surface area contributed by atoms with E-state index in [-0.39, 0.29) is 5.91 Å². The summed E-state index contributed by atoms with van der Waals surface area (Å²) in [6, 6.07) is 3.43. The highest BCUT2D eigenvalue weighted by Crippen LogP contribution is 2.44. The van der Waals surface area contributed by atoms with Gasteiger partial charge in [-0.3, -0.25) is 4.79 Å². The second-order valence-electron chi connectivity index (χ2n) is 4.50. The van der Waals surface area contributed by atoms with Gasteiger partial charge in [0.2, 0.25) is 5.91 Å². The molecule has 18 heavy (non-hydrogen) atoms. The number of amides is 1. The maximum Gasteiger partial charge on any atom is 0.416 e. The highest BCUT2D eigenvalue weighted by atomic mass is 19.4. The Labute approximate surface area is 103 Å². The van der Waals surface area contributed by atoms with Crippen molar-refractivity contribution in [2.45, 2.75) is 38.3 Å². The monoisotopic (exact) mass is 257 g/mol. The van der Waals surface area contributed by atoms with Crippen LogP contribution < -0.4 is 5.32 Å². The molecule has 0 aromatic heterocycles. The van der Waals surface area contributed by atoms with Crippen LogP contribution in [0.4, 0.5) is 18.9 Å². The van der Waals surface area contributed by atoms with Crippen molar-refractivity contribution < 1.29 is 18.0 Å². The fraction of sp³-hybridized carbons (Fsp3) is 0.462. The average Bonchev–Trinajstić information content (AvgIpc) is 2.59. The first-order chi connectivity index (χ1) is 8.35. The van der Waals surface area contributed by atoms with Gasteiger partial charge in [0.05, 0.1) is 11.0 Å². The second kappa shape index (κ2) is 4.00. The first-order valence-corrected chi connectivity index (χ1v) is 5.88. The molecule has 1 aliphatic rings. The summed E-state index contributed by atoms with van der Waals surface area (Å²) in [4.78, 5) is 12.0. The van der Waals surface area contributed by atoms with Crippen LogP contribution in [0.2, 0.25) is 0 Å². The molecule has 0 spiro atoms. The van der Waals surface area contributed by atoms with E-state index >= 15 is 0 Å². The lowest BCUT2D eigenvalue weighted by Gasteiger charge is -2.24. The van der Waals surface area contributed by atoms with Gasteiger partial charge in [0.15, 0.2) is 0 Å². The molecule has 98 valence electrons. The highest BCUT2D eigenvalue weighted by molar-refractivity contribution is 6.06. The third kappa shape index (κ3) is 1.69. The van der Waals surface area contributed by atoms with E-state index in [1.54, 1.807) is 0 Å². The van der Waals surface area contributed by atoms with E-state index in [0.29, 0.717) is 24.1 Å². The summed E-state index contributed by atoms with van der Waals surface area (Å²) < 4.78 is 38.1. The molecule has 0 bridgehead atoms. The molecule has 0 unspecified atom stereocenters. The Bertz CT molecular complexity index is 489. The zero-order valence-corrected chi connectivity index (χ0v) is 10.2. The summed E-state index contributed by atoms with van der Waals surface area (Å²) in [6.07, 6.45) is -3.40. The standard InChI is InChI=1S/C13H14F3NO/c1-3-12(4-2)9-7-8(13(14,15)16)5-6-10(9)17-11(12)18/h5-7H,3-4H2,1-2H3,(H,17,18). The molecule has 2 nitrogen and oxygen atoms in total. The van der Waals surface area contributed by atoms with E-state index in [1.165, 1.54) is 6.07 Å². The molecule has 0 radical (unpaired) electrons. The van der Waals surface area contributed by atoms with E-state index in [0.717, 1.165) is 12.1 Å². The number of hydrogen-bond donors (Lipinski definition) is 1. The van der Waals surface area contributed by atoms with E-state index in [2.05, 4.69) is 5.32 Å². The summed E-state index contributed by atoms with van der Waals surface area (Å²) in [7, 11) is 0. The molecule has 0 aliphatic carbocycles. The molecule has 1 heterocycles. The summed E-state index contributed by atoms with van der Waals surface area (Å²) in [5, 5.41) is 2.66. The lowest BCUT2D eigenvalue weighted by molar-refractivity contribution is -0.137. The minimum atomic E-state index is -4.38. The number of fused-ring (bicyclic) bond motifs is 1. The van der Waals surface area contributed by atoms with Crippen LogP contribution >= 0.6 is 0 Å². The van der Waals surface area contributed by atoms with E-state index in [4.69, 9.17) is 0 Å². The highest BCUT2D eigenvalue weighted by Gasteiger charge is 2.45. The molecule has 0 saturated carbocycles. The van der Waals surface area contributed by atoms with Crippen molar-refractivity contribution >= 4 is 11.6 Å². The predicted molar refractivity (Wildman–Crippen MR) is 62.3 cm³/mol. The van der Waals surface area contributed by atoms with Gasteiger partial charge >= 0.3 is 6.18 Å². The number of halogens is 3. The number of nitrogens with one attached hydrogen (secondary N) is 1. The Morgan fingerprint density at radius 1 is 1.22 bits per heavy atom. The van der Waals surface area contributed by atoms with Crippen molar-refractivity contribution in [1.29, 1.82) is 0 Å². The summed E-state index contributed by atoms with van der Waals surface area (Å²) in [6.45, 7) is 3.64. The van der Waals surface area contributed by atoms with Gasteiger partial charge in [-0.15, -0.1) is 0 Å². The van der Waals surface area contributed by atoms with Crippen LogP contribution in [0.25, 0.3) is 0 Å². The molecule has 5 heteroatoms. The molecule has 2 rings (SSSR count). The Hall–Kier alpha value is -1.52. The van der Waals surface area contributed by atoms with Crippen LogP contribution in [0.3, 0.4) is 0 Å². The fourth-order valence-electron chi connectivity index (χ4n) is 2.54. The molecule has 0 atom stereocenters. The molecule has 1 amide bonds. The predicted octanol–water partition coefficient (Wildman–Crippen LogP) is 3.72. The average molecular weight is 257 g/mol. The first-order valence-electron chi connectivity index (χ1n) is 5.88. The molecule has 1 N–H and O–H groups in total. The third-order valence-electron chi connectivity index (χ3n) is 3.75. The Morgan fingerprint density at radius 2 is 1.83 bits per heavy atom. The van der Waals surface area contributed by atoms with Gasteiger partial charge in [0.25, 0.3) is 0 Å². The van der Waals surface area contributed by atoms with E-state index in [9.17, 15) is 18.0 Å². The van der Waals surface area contributed by atoms with Crippen LogP contribution in [0, 0.1) is 0 Å². The quantitative estimate of drug-likeness (QED) is 0.859. The molecule has 0 saturated heterocycles. The fourth-order valence-corrected chi connectivity index (χ4v) is 2.54. The number of alkyl halides is 3. The van der Waals surface area contributed by atoms with Crippen molar-refractivity contribution in [3.05, 3.63) is 29.3 Å². The van der Waals surface area contributed by atoms with E-state index in [1.807, 2.05) is 13.8 Å². The lowest BCUT2D eigenvalue weighted by atomic mass is 9.76. The normalized spacial score (nSPS) is 17.5. The zero-order chi connectivity index (χ0) is 13.6. The Kier molecular flexibility index (Phi) is 2.87. The van der Waals surface area contributed by atoms with Crippen molar-refractivity contribution in [2.75, 3.05) is 5.32 Å². The number of anilines is 1. The third-order valence-corrected chi connectivity index (χ3v) is 3.75. The Balaban J connectivity index is 2.60. The van der Waals surface area contributed by atoms with Crippen LogP contribution in [0.1, 0.15) is 37.8 Å². The Morgan fingerprint density at radius 3 is 2.33 bits per heavy atom. The van der Waals surface area contributed by atoms with Crippen molar-refractivity contribution in [3.63, 3.8) is 0 Å². The molecule has 0 fully saturated rings. The molecule has 1 aliphatic heterocycles. The minimum Gasteiger partial charge on any atom is -0.325 e. The smallest absolute Gasteiger partial charge is 0.325 e. The SMILES string of the molecule is CCC1(CC)C(=O)Nc2ccc(C(F)(F)F)cc21. The molecular weight excluding hydrogens is 243 g/mol. The molecule has 1 aromatic carbocycles. The van der Waals surface area contributed by atoms with Gasteiger partial charge in [-0.2, -0.15) is 13.2 Å². The summed E-state index contributed by atoms with van der Waals surface area (Å²) >= 11 is 0. The zero-order valence-electron chi connectivity index (χ0n) is 10.2. The second-order valence-corrected chi connectivity index (χ2v) is 4.50. The van der Waals surface area contributed by atoms with Gasteiger partial charge in [-0.05, 0) is 36.6 Å². The van der Waals surface area contributed by atoms with E-state index < -0.39 is 17.2 Å². The van der Waals surface area contributed by atoms with Crippen LogP contribution in [-0.4, -0.2) is 5.91 Å². The van der Waals surface area contributed by atoms with Gasteiger partial charge in [0, 0.05) is 5.69 Å². The number of carbonyl (C=O) groups is 1. The van der Waals surface area contributed by atoms with Crippen molar-refractivity contribution in [1.82, 2.24) is 0 Å². The van der Waals surface area contributed by atoms with Crippen molar-refractivity contribution in [2.24, 2.45) is 0 Å². The minimum absolute atomic E-state index is 0.207. The van der Waals surface area contributed by atoms with Crippen LogP contribution in [-0.2, 0) is 16.4 Å². The van der Waals surface area contributed by atoms with Gasteiger partial charge < -0.3 is 5.32 Å². The maximum atomic E-state index is 12.7. The van der Waals surface area contributed by atoms with Gasteiger partial charge in [0.1, 0.15) is 0 Å². The molecular formula is C13H14F3NO. The lowest BCUT2D eigenvalue weighted by Crippen LogP contribution is -2.33.